The van der Waals surface area contributed by atoms with Gasteiger partial charge in [0.25, 0.3) is 0 Å². The molecule has 0 aliphatic heterocycles. The zero-order chi connectivity index (χ0) is 20.1. The molecule has 1 saturated carbocycles. The minimum absolute atomic E-state index is 0.0378. The highest BCUT2D eigenvalue weighted by Crippen LogP contribution is 2.21. The quantitative estimate of drug-likeness (QED) is 0.132. The Labute approximate surface area is 175 Å². The second-order valence-electron chi connectivity index (χ2n) is 8.79. The van der Waals surface area contributed by atoms with Gasteiger partial charge in [-0.05, 0) is 57.8 Å². The molecule has 0 aromatic carbocycles. The number of hydrogen-bond acceptors (Lipinski definition) is 2. The number of rotatable bonds is 18. The van der Waals surface area contributed by atoms with Gasteiger partial charge in [0, 0.05) is 6.42 Å². The molecule has 2 heteroatoms. The van der Waals surface area contributed by atoms with Crippen molar-refractivity contribution in [1.82, 2.24) is 0 Å². The van der Waals surface area contributed by atoms with Crippen LogP contribution in [0.15, 0.2) is 12.2 Å². The van der Waals surface area contributed by atoms with Gasteiger partial charge in [-0.2, -0.15) is 0 Å². The Hall–Kier alpha value is -0.790. The summed E-state index contributed by atoms with van der Waals surface area (Å²) in [6, 6.07) is 0. The summed E-state index contributed by atoms with van der Waals surface area (Å²) in [5.74, 6) is 0.0378. The number of esters is 1. The first-order chi connectivity index (χ1) is 13.8. The predicted molar refractivity (Wildman–Crippen MR) is 122 cm³/mol. The fourth-order valence-corrected chi connectivity index (χ4v) is 4.12. The maximum absolute atomic E-state index is 11.8. The van der Waals surface area contributed by atoms with Crippen LogP contribution in [0.3, 0.4) is 0 Å². The van der Waals surface area contributed by atoms with Crippen LogP contribution in [0.5, 0.6) is 0 Å². The average molecular weight is 393 g/mol. The minimum Gasteiger partial charge on any atom is -0.462 e. The highest BCUT2D eigenvalue weighted by molar-refractivity contribution is 5.69. The molecule has 0 radical (unpaired) electrons. The third-order valence-electron chi connectivity index (χ3n) is 5.99. The average Bonchev–Trinajstić information content (AvgIpc) is 2.71. The van der Waals surface area contributed by atoms with E-state index in [2.05, 4.69) is 19.1 Å². The van der Waals surface area contributed by atoms with Gasteiger partial charge in [-0.3, -0.25) is 4.79 Å². The van der Waals surface area contributed by atoms with Crippen LogP contribution in [-0.2, 0) is 9.53 Å². The van der Waals surface area contributed by atoms with E-state index in [1.165, 1.54) is 109 Å². The summed E-state index contributed by atoms with van der Waals surface area (Å²) in [7, 11) is 0. The lowest BCUT2D eigenvalue weighted by atomic mass is 9.98. The van der Waals surface area contributed by atoms with Crippen molar-refractivity contribution in [3.63, 3.8) is 0 Å². The first-order valence-corrected chi connectivity index (χ1v) is 12.7. The van der Waals surface area contributed by atoms with Crippen LogP contribution in [0.2, 0.25) is 0 Å². The number of allylic oxidation sites excluding steroid dienone is 2. The van der Waals surface area contributed by atoms with Crippen molar-refractivity contribution < 1.29 is 9.53 Å². The maximum Gasteiger partial charge on any atom is 0.306 e. The highest BCUT2D eigenvalue weighted by Gasteiger charge is 2.17. The second kappa shape index (κ2) is 19.5. The maximum atomic E-state index is 11.8. The Bertz CT molecular complexity index is 369. The van der Waals surface area contributed by atoms with Crippen molar-refractivity contribution in [3.05, 3.63) is 12.2 Å². The van der Waals surface area contributed by atoms with Crippen LogP contribution in [0.1, 0.15) is 142 Å². The summed E-state index contributed by atoms with van der Waals surface area (Å²) >= 11 is 0. The van der Waals surface area contributed by atoms with Crippen molar-refractivity contribution in [2.45, 2.75) is 148 Å². The Kier molecular flexibility index (Phi) is 17.6. The van der Waals surface area contributed by atoms with Gasteiger partial charge in [-0.1, -0.05) is 89.7 Å². The number of unbranched alkanes of at least 4 members (excludes halogenated alkanes) is 13. The van der Waals surface area contributed by atoms with E-state index in [4.69, 9.17) is 4.74 Å². The summed E-state index contributed by atoms with van der Waals surface area (Å²) in [4.78, 5) is 11.8. The molecule has 0 aromatic heterocycles. The summed E-state index contributed by atoms with van der Waals surface area (Å²) in [5, 5.41) is 0. The Morgan fingerprint density at radius 2 is 1.21 bits per heavy atom. The number of hydrogen-bond donors (Lipinski definition) is 0. The van der Waals surface area contributed by atoms with E-state index in [0.717, 1.165) is 19.3 Å². The lowest BCUT2D eigenvalue weighted by Crippen LogP contribution is -2.20. The van der Waals surface area contributed by atoms with Gasteiger partial charge < -0.3 is 4.74 Å². The molecule has 0 atom stereocenters. The second-order valence-corrected chi connectivity index (χ2v) is 8.79. The third kappa shape index (κ3) is 16.2. The highest BCUT2D eigenvalue weighted by atomic mass is 16.5. The standard InChI is InChI=1S/C26H48O2/c1-2-3-4-5-6-7-8-9-10-11-12-13-14-15-16-17-21-24-26(27)28-25-22-19-18-20-23-25/h11-12,25H,2-10,13-24H2,1H3. The van der Waals surface area contributed by atoms with E-state index in [9.17, 15) is 4.79 Å². The number of carbonyl (C=O) groups excluding carboxylic acids is 1. The van der Waals surface area contributed by atoms with Gasteiger partial charge in [0.05, 0.1) is 0 Å². The topological polar surface area (TPSA) is 26.3 Å². The molecule has 1 aliphatic rings. The summed E-state index contributed by atoms with van der Waals surface area (Å²) in [6.45, 7) is 2.28. The normalized spacial score (nSPS) is 15.3. The largest absolute Gasteiger partial charge is 0.462 e. The lowest BCUT2D eigenvalue weighted by Gasteiger charge is -2.21. The molecule has 2 nitrogen and oxygen atoms in total. The van der Waals surface area contributed by atoms with E-state index in [-0.39, 0.29) is 12.1 Å². The van der Waals surface area contributed by atoms with E-state index in [1.807, 2.05) is 0 Å². The molecule has 0 bridgehead atoms. The molecule has 0 spiro atoms. The predicted octanol–water partition coefficient (Wildman–Crippen LogP) is 8.68. The fraction of sp³-hybridized carbons (Fsp3) is 0.885. The van der Waals surface area contributed by atoms with E-state index >= 15 is 0 Å². The van der Waals surface area contributed by atoms with Crippen molar-refractivity contribution in [2.75, 3.05) is 0 Å². The van der Waals surface area contributed by atoms with Gasteiger partial charge >= 0.3 is 5.97 Å². The van der Waals surface area contributed by atoms with E-state index in [0.29, 0.717) is 6.42 Å². The molecule has 0 unspecified atom stereocenters. The molecule has 28 heavy (non-hydrogen) atoms. The number of carbonyl (C=O) groups is 1. The first-order valence-electron chi connectivity index (χ1n) is 12.7. The molecule has 1 aliphatic carbocycles. The van der Waals surface area contributed by atoms with Gasteiger partial charge in [0.1, 0.15) is 6.10 Å². The van der Waals surface area contributed by atoms with Crippen molar-refractivity contribution in [1.29, 1.82) is 0 Å². The molecular weight excluding hydrogens is 344 g/mol. The summed E-state index contributed by atoms with van der Waals surface area (Å²) in [5.41, 5.74) is 0. The third-order valence-corrected chi connectivity index (χ3v) is 5.99. The summed E-state index contributed by atoms with van der Waals surface area (Å²) in [6.07, 6.45) is 31.3. The van der Waals surface area contributed by atoms with Crippen LogP contribution < -0.4 is 0 Å². The van der Waals surface area contributed by atoms with Crippen LogP contribution in [-0.4, -0.2) is 12.1 Å². The van der Waals surface area contributed by atoms with E-state index in [1.54, 1.807) is 0 Å². The summed E-state index contributed by atoms with van der Waals surface area (Å²) < 4.78 is 5.57. The molecule has 1 fully saturated rings. The molecule has 164 valence electrons. The van der Waals surface area contributed by atoms with Crippen molar-refractivity contribution in [2.24, 2.45) is 0 Å². The van der Waals surface area contributed by atoms with Gasteiger partial charge in [0.15, 0.2) is 0 Å². The zero-order valence-electron chi connectivity index (χ0n) is 18.9. The van der Waals surface area contributed by atoms with Crippen molar-refractivity contribution >= 4 is 5.97 Å². The molecule has 0 aromatic rings. The Morgan fingerprint density at radius 3 is 1.79 bits per heavy atom. The smallest absolute Gasteiger partial charge is 0.306 e. The Morgan fingerprint density at radius 1 is 0.714 bits per heavy atom. The number of ether oxygens (including phenoxy) is 1. The van der Waals surface area contributed by atoms with Gasteiger partial charge in [-0.15, -0.1) is 0 Å². The van der Waals surface area contributed by atoms with Crippen molar-refractivity contribution in [3.8, 4) is 0 Å². The van der Waals surface area contributed by atoms with Crippen LogP contribution in [0.25, 0.3) is 0 Å². The zero-order valence-corrected chi connectivity index (χ0v) is 18.9. The fourth-order valence-electron chi connectivity index (χ4n) is 4.12. The SMILES string of the molecule is CCCCCCCCCCC=CCCCCCCCC(=O)OC1CCCCC1. The van der Waals surface area contributed by atoms with Crippen LogP contribution in [0, 0.1) is 0 Å². The molecule has 0 N–H and O–H groups in total. The first kappa shape index (κ1) is 25.2. The Balaban J connectivity index is 1.76. The molecule has 1 rings (SSSR count). The molecule has 0 saturated heterocycles. The van der Waals surface area contributed by atoms with Crippen LogP contribution in [0.4, 0.5) is 0 Å². The minimum atomic E-state index is 0.0378. The van der Waals surface area contributed by atoms with Gasteiger partial charge in [0.2, 0.25) is 0 Å². The molecular formula is C26H48O2. The van der Waals surface area contributed by atoms with Crippen LogP contribution >= 0.6 is 0 Å². The monoisotopic (exact) mass is 392 g/mol. The molecule has 0 amide bonds. The molecule has 0 heterocycles. The van der Waals surface area contributed by atoms with E-state index < -0.39 is 0 Å². The lowest BCUT2D eigenvalue weighted by molar-refractivity contribution is -0.150. The van der Waals surface area contributed by atoms with Gasteiger partial charge in [-0.25, -0.2) is 0 Å².